The SMILES string of the molecule is CC(=O)N1CCCC(C(=O)N2CC(CO)OCC2C)C1. The van der Waals surface area contributed by atoms with Gasteiger partial charge in [-0.2, -0.15) is 0 Å². The lowest BCUT2D eigenvalue weighted by Crippen LogP contribution is -2.55. The molecule has 2 aliphatic heterocycles. The molecule has 0 aromatic rings. The van der Waals surface area contributed by atoms with E-state index in [0.29, 0.717) is 19.7 Å². The van der Waals surface area contributed by atoms with Crippen molar-refractivity contribution in [1.82, 2.24) is 9.80 Å². The molecule has 0 aromatic heterocycles. The lowest BCUT2D eigenvalue weighted by molar-refractivity contribution is -0.153. The highest BCUT2D eigenvalue weighted by Gasteiger charge is 2.35. The van der Waals surface area contributed by atoms with Gasteiger partial charge in [0.1, 0.15) is 0 Å². The predicted octanol–water partition coefficient (Wildman–Crippen LogP) is -0.147. The lowest BCUT2D eigenvalue weighted by atomic mass is 9.95. The van der Waals surface area contributed by atoms with Crippen LogP contribution in [0.15, 0.2) is 0 Å². The van der Waals surface area contributed by atoms with Gasteiger partial charge in [-0.1, -0.05) is 0 Å². The van der Waals surface area contributed by atoms with E-state index < -0.39 is 0 Å². The van der Waals surface area contributed by atoms with E-state index in [9.17, 15) is 14.7 Å². The number of ether oxygens (including phenoxy) is 1. The van der Waals surface area contributed by atoms with Gasteiger partial charge in [0, 0.05) is 26.6 Å². The first-order chi connectivity index (χ1) is 9.52. The zero-order valence-electron chi connectivity index (χ0n) is 12.2. The number of carbonyl (C=O) groups excluding carboxylic acids is 2. The Morgan fingerprint density at radius 1 is 1.35 bits per heavy atom. The lowest BCUT2D eigenvalue weighted by Gasteiger charge is -2.41. The number of aliphatic hydroxyl groups excluding tert-OH is 1. The standard InChI is InChI=1S/C14H24N2O4/c1-10-9-20-13(8-17)7-16(10)14(19)12-4-3-5-15(6-12)11(2)18/h10,12-13,17H,3-9H2,1-2H3. The van der Waals surface area contributed by atoms with Crippen LogP contribution in [0, 0.1) is 5.92 Å². The van der Waals surface area contributed by atoms with Gasteiger partial charge in [0.15, 0.2) is 0 Å². The van der Waals surface area contributed by atoms with Crippen LogP contribution in [-0.4, -0.2) is 71.7 Å². The number of rotatable bonds is 2. The molecular weight excluding hydrogens is 260 g/mol. The Balaban J connectivity index is 2.00. The van der Waals surface area contributed by atoms with Crippen LogP contribution < -0.4 is 0 Å². The van der Waals surface area contributed by atoms with Crippen LogP contribution >= 0.6 is 0 Å². The highest BCUT2D eigenvalue weighted by Crippen LogP contribution is 2.22. The Morgan fingerprint density at radius 2 is 2.10 bits per heavy atom. The monoisotopic (exact) mass is 284 g/mol. The predicted molar refractivity (Wildman–Crippen MR) is 73.0 cm³/mol. The summed E-state index contributed by atoms with van der Waals surface area (Å²) >= 11 is 0. The summed E-state index contributed by atoms with van der Waals surface area (Å²) in [6.45, 7) is 5.59. The highest BCUT2D eigenvalue weighted by molar-refractivity contribution is 5.81. The first-order valence-electron chi connectivity index (χ1n) is 7.31. The van der Waals surface area contributed by atoms with E-state index in [-0.39, 0.29) is 36.5 Å². The topological polar surface area (TPSA) is 70.1 Å². The number of hydrogen-bond donors (Lipinski definition) is 1. The van der Waals surface area contributed by atoms with Crippen LogP contribution in [0.1, 0.15) is 26.7 Å². The second-order valence-electron chi connectivity index (χ2n) is 5.78. The summed E-state index contributed by atoms with van der Waals surface area (Å²) in [6, 6.07) is 0.0259. The Hall–Kier alpha value is -1.14. The third-order valence-corrected chi connectivity index (χ3v) is 4.21. The van der Waals surface area contributed by atoms with E-state index in [2.05, 4.69) is 0 Å². The molecule has 2 heterocycles. The first kappa shape index (κ1) is 15.3. The van der Waals surface area contributed by atoms with Gasteiger partial charge in [0.25, 0.3) is 0 Å². The maximum absolute atomic E-state index is 12.6. The molecule has 2 fully saturated rings. The number of likely N-dealkylation sites (tertiary alicyclic amines) is 1. The maximum atomic E-state index is 12.6. The molecule has 6 nitrogen and oxygen atoms in total. The Labute approximate surface area is 119 Å². The summed E-state index contributed by atoms with van der Waals surface area (Å²) in [7, 11) is 0. The molecule has 0 aromatic carbocycles. The fraction of sp³-hybridized carbons (Fsp3) is 0.857. The van der Waals surface area contributed by atoms with Crippen LogP contribution in [0.4, 0.5) is 0 Å². The fourth-order valence-electron chi connectivity index (χ4n) is 2.93. The van der Waals surface area contributed by atoms with E-state index >= 15 is 0 Å². The van der Waals surface area contributed by atoms with Gasteiger partial charge in [-0.05, 0) is 19.8 Å². The zero-order valence-corrected chi connectivity index (χ0v) is 12.2. The highest BCUT2D eigenvalue weighted by atomic mass is 16.5. The third-order valence-electron chi connectivity index (χ3n) is 4.21. The number of amides is 2. The number of piperidine rings is 1. The molecule has 2 rings (SSSR count). The Morgan fingerprint density at radius 3 is 2.75 bits per heavy atom. The van der Waals surface area contributed by atoms with E-state index in [1.807, 2.05) is 6.92 Å². The summed E-state index contributed by atoms with van der Waals surface area (Å²) in [5.41, 5.74) is 0. The van der Waals surface area contributed by atoms with E-state index in [4.69, 9.17) is 4.74 Å². The number of aliphatic hydroxyl groups is 1. The molecular formula is C14H24N2O4. The molecule has 3 unspecified atom stereocenters. The number of carbonyl (C=O) groups is 2. The summed E-state index contributed by atoms with van der Waals surface area (Å²) in [5, 5.41) is 9.19. The van der Waals surface area contributed by atoms with Crippen molar-refractivity contribution >= 4 is 11.8 Å². The molecule has 0 radical (unpaired) electrons. The van der Waals surface area contributed by atoms with Crippen LogP contribution in [0.2, 0.25) is 0 Å². The van der Waals surface area contributed by atoms with Crippen molar-refractivity contribution in [3.63, 3.8) is 0 Å². The molecule has 2 amide bonds. The molecule has 0 bridgehead atoms. The summed E-state index contributed by atoms with van der Waals surface area (Å²) in [5.74, 6) is 0.00324. The number of morpholine rings is 1. The molecule has 3 atom stereocenters. The molecule has 20 heavy (non-hydrogen) atoms. The van der Waals surface area contributed by atoms with Gasteiger partial charge in [0.05, 0.1) is 31.3 Å². The summed E-state index contributed by atoms with van der Waals surface area (Å²) in [6.07, 6.45) is 1.41. The van der Waals surface area contributed by atoms with E-state index in [1.165, 1.54) is 0 Å². The number of hydrogen-bond acceptors (Lipinski definition) is 4. The average molecular weight is 284 g/mol. The smallest absolute Gasteiger partial charge is 0.227 e. The van der Waals surface area contributed by atoms with Crippen molar-refractivity contribution in [3.8, 4) is 0 Å². The van der Waals surface area contributed by atoms with Crippen molar-refractivity contribution in [2.45, 2.75) is 38.8 Å². The van der Waals surface area contributed by atoms with Crippen molar-refractivity contribution in [1.29, 1.82) is 0 Å². The normalized spacial score (nSPS) is 31.2. The van der Waals surface area contributed by atoms with Crippen LogP contribution in [0.5, 0.6) is 0 Å². The van der Waals surface area contributed by atoms with E-state index in [1.54, 1.807) is 16.7 Å². The van der Waals surface area contributed by atoms with Crippen molar-refractivity contribution in [2.75, 3.05) is 32.8 Å². The van der Waals surface area contributed by atoms with Crippen LogP contribution in [0.3, 0.4) is 0 Å². The molecule has 2 aliphatic rings. The minimum atomic E-state index is -0.289. The van der Waals surface area contributed by atoms with Crippen LogP contribution in [-0.2, 0) is 14.3 Å². The maximum Gasteiger partial charge on any atom is 0.227 e. The minimum absolute atomic E-state index is 0.0259. The molecule has 6 heteroatoms. The molecule has 2 saturated heterocycles. The van der Waals surface area contributed by atoms with E-state index in [0.717, 1.165) is 19.4 Å². The quantitative estimate of drug-likeness (QED) is 0.766. The Kier molecular flexibility index (Phi) is 4.99. The van der Waals surface area contributed by atoms with Gasteiger partial charge in [-0.3, -0.25) is 9.59 Å². The number of nitrogens with zero attached hydrogens (tertiary/aromatic N) is 2. The molecule has 0 spiro atoms. The summed E-state index contributed by atoms with van der Waals surface area (Å²) < 4.78 is 5.46. The molecule has 1 N–H and O–H groups in total. The van der Waals surface area contributed by atoms with Crippen molar-refractivity contribution < 1.29 is 19.4 Å². The average Bonchev–Trinajstić information content (AvgIpc) is 2.47. The molecule has 114 valence electrons. The van der Waals surface area contributed by atoms with Gasteiger partial charge in [-0.15, -0.1) is 0 Å². The zero-order chi connectivity index (χ0) is 14.7. The van der Waals surface area contributed by atoms with Gasteiger partial charge in [-0.25, -0.2) is 0 Å². The second kappa shape index (κ2) is 6.54. The van der Waals surface area contributed by atoms with Crippen molar-refractivity contribution in [2.24, 2.45) is 5.92 Å². The fourth-order valence-corrected chi connectivity index (χ4v) is 2.93. The van der Waals surface area contributed by atoms with Crippen molar-refractivity contribution in [3.05, 3.63) is 0 Å². The molecule has 0 aliphatic carbocycles. The minimum Gasteiger partial charge on any atom is -0.394 e. The third kappa shape index (κ3) is 3.30. The molecule has 0 saturated carbocycles. The van der Waals surface area contributed by atoms with Gasteiger partial charge in [0.2, 0.25) is 11.8 Å². The van der Waals surface area contributed by atoms with Gasteiger partial charge >= 0.3 is 0 Å². The largest absolute Gasteiger partial charge is 0.394 e. The van der Waals surface area contributed by atoms with Crippen LogP contribution in [0.25, 0.3) is 0 Å². The van der Waals surface area contributed by atoms with Gasteiger partial charge < -0.3 is 19.6 Å². The summed E-state index contributed by atoms with van der Waals surface area (Å²) in [4.78, 5) is 27.7. The Bertz CT molecular complexity index is 374. The first-order valence-corrected chi connectivity index (χ1v) is 7.31. The second-order valence-corrected chi connectivity index (χ2v) is 5.78.